The molecule has 2 aromatic carbocycles. The Balaban J connectivity index is 2.03. The van der Waals surface area contributed by atoms with Gasteiger partial charge in [-0.15, -0.1) is 0 Å². The van der Waals surface area contributed by atoms with Crippen LogP contribution in [0, 0.1) is 3.57 Å². The fourth-order valence-corrected chi connectivity index (χ4v) is 5.26. The van der Waals surface area contributed by atoms with Crippen LogP contribution in [0.25, 0.3) is 0 Å². The molecule has 0 aromatic heterocycles. The summed E-state index contributed by atoms with van der Waals surface area (Å²) in [7, 11) is 2.81. The molecule has 0 heterocycles. The molecule has 42 heavy (non-hydrogen) atoms. The van der Waals surface area contributed by atoms with Crippen molar-refractivity contribution in [3.63, 3.8) is 0 Å². The molecule has 0 saturated carbocycles. The normalized spacial score (nSPS) is 18.7. The van der Waals surface area contributed by atoms with Gasteiger partial charge in [-0.1, -0.05) is 0 Å². The van der Waals surface area contributed by atoms with E-state index in [0.717, 1.165) is 24.3 Å². The van der Waals surface area contributed by atoms with Gasteiger partial charge < -0.3 is 39.7 Å². The third kappa shape index (κ3) is 8.12. The Morgan fingerprint density at radius 2 is 1.83 bits per heavy atom. The van der Waals surface area contributed by atoms with Gasteiger partial charge in [0, 0.05) is 37.8 Å². The van der Waals surface area contributed by atoms with Crippen molar-refractivity contribution in [2.75, 3.05) is 40.5 Å². The van der Waals surface area contributed by atoms with E-state index in [4.69, 9.17) is 14.2 Å². The smallest absolute Gasteiger partial charge is 0.416 e. The van der Waals surface area contributed by atoms with Crippen LogP contribution in [-0.4, -0.2) is 90.8 Å². The predicted octanol–water partition coefficient (Wildman–Crippen LogP) is 2.52. The molecule has 0 spiro atoms. The number of aliphatic hydroxyl groups is 3. The Bertz CT molecular complexity index is 1270. The molecule has 3 rings (SSSR count). The highest BCUT2D eigenvalue weighted by Crippen LogP contribution is 2.37. The lowest BCUT2D eigenvalue weighted by Gasteiger charge is -2.40. The molecule has 1 aliphatic carbocycles. The van der Waals surface area contributed by atoms with E-state index in [2.05, 4.69) is 5.32 Å². The van der Waals surface area contributed by atoms with Crippen molar-refractivity contribution in [1.29, 1.82) is 0 Å². The highest BCUT2D eigenvalue weighted by molar-refractivity contribution is 14.1. The van der Waals surface area contributed by atoms with Crippen LogP contribution in [-0.2, 0) is 22.3 Å². The average molecular weight is 708 g/mol. The maximum atomic E-state index is 13.6. The number of aliphatic hydroxyl groups excluding tert-OH is 3. The van der Waals surface area contributed by atoms with E-state index in [1.807, 2.05) is 22.6 Å². The monoisotopic (exact) mass is 708 g/mol. The molecule has 0 radical (unpaired) electrons. The van der Waals surface area contributed by atoms with Gasteiger partial charge in [0.2, 0.25) is 5.91 Å². The highest BCUT2D eigenvalue weighted by Gasteiger charge is 2.41. The number of amides is 2. The van der Waals surface area contributed by atoms with Gasteiger partial charge in [-0.2, -0.15) is 13.2 Å². The average Bonchev–Trinajstić information content (AvgIpc) is 2.97. The third-order valence-corrected chi connectivity index (χ3v) is 7.40. The fraction of sp³-hybridized carbons (Fsp3) is 0.429. The van der Waals surface area contributed by atoms with E-state index >= 15 is 0 Å². The third-order valence-electron chi connectivity index (χ3n) is 6.60. The van der Waals surface area contributed by atoms with Crippen molar-refractivity contribution in [3.05, 3.63) is 68.3 Å². The van der Waals surface area contributed by atoms with Gasteiger partial charge in [-0.3, -0.25) is 9.59 Å². The van der Waals surface area contributed by atoms with E-state index < -0.39 is 41.8 Å². The maximum Gasteiger partial charge on any atom is 0.416 e. The van der Waals surface area contributed by atoms with Crippen LogP contribution in [0.15, 0.2) is 48.0 Å². The van der Waals surface area contributed by atoms with Gasteiger partial charge in [0.1, 0.15) is 12.2 Å². The zero-order chi connectivity index (χ0) is 31.0. The standard InChI is InChI=1S/C28H32F3IN2O8/c1-40-10-8-34(27(39)17-3-5-19(6-4-17)28(29,30)31)21-13-18(26(38)33-7-9-35)14-22(24(21)37)42-25-20(32)11-16(15-36)12-23(25)41-2/h3-6,11-12,14,21-22,24,35-37H,7-10,13,15H2,1-2H3,(H,33,38)/t21-,22+,24+/m1/s1. The first kappa shape index (κ1) is 33.6. The van der Waals surface area contributed by atoms with Crippen molar-refractivity contribution < 1.29 is 52.3 Å². The van der Waals surface area contributed by atoms with Crippen molar-refractivity contribution >= 4 is 34.4 Å². The maximum absolute atomic E-state index is 13.6. The van der Waals surface area contributed by atoms with E-state index in [0.29, 0.717) is 9.13 Å². The number of carbonyl (C=O) groups excluding carboxylic acids is 2. The Morgan fingerprint density at radius 3 is 2.40 bits per heavy atom. The molecule has 0 bridgehead atoms. The van der Waals surface area contributed by atoms with Crippen molar-refractivity contribution in [3.8, 4) is 11.5 Å². The van der Waals surface area contributed by atoms with E-state index in [1.165, 1.54) is 25.2 Å². The molecule has 2 aromatic rings. The van der Waals surface area contributed by atoms with Crippen LogP contribution in [0.3, 0.4) is 0 Å². The number of rotatable bonds is 12. The van der Waals surface area contributed by atoms with E-state index in [-0.39, 0.29) is 62.0 Å². The summed E-state index contributed by atoms with van der Waals surface area (Å²) in [6, 6.07) is 5.85. The summed E-state index contributed by atoms with van der Waals surface area (Å²) in [6.45, 7) is -0.630. The number of alkyl halides is 3. The molecule has 230 valence electrons. The number of halogens is 4. The predicted molar refractivity (Wildman–Crippen MR) is 153 cm³/mol. The molecule has 0 unspecified atom stereocenters. The lowest BCUT2D eigenvalue weighted by atomic mass is 9.87. The second-order valence-electron chi connectivity index (χ2n) is 9.35. The Hall–Kier alpha value is -2.92. The highest BCUT2D eigenvalue weighted by atomic mass is 127. The second-order valence-corrected chi connectivity index (χ2v) is 10.5. The SMILES string of the molecule is COCCN(C(=O)c1ccc(C(F)(F)F)cc1)[C@@H]1CC(C(=O)NCCO)=C[C@H](Oc2c(I)cc(CO)cc2OC)[C@H]1O. The number of ether oxygens (including phenoxy) is 3. The molecule has 4 N–H and O–H groups in total. The Morgan fingerprint density at radius 1 is 1.14 bits per heavy atom. The van der Waals surface area contributed by atoms with Gasteiger partial charge in [0.15, 0.2) is 11.5 Å². The number of methoxy groups -OCH3 is 2. The lowest BCUT2D eigenvalue weighted by Crippen LogP contribution is -2.55. The van der Waals surface area contributed by atoms with Gasteiger partial charge >= 0.3 is 6.18 Å². The Kier molecular flexibility index (Phi) is 12.0. The molecule has 0 saturated heterocycles. The van der Waals surface area contributed by atoms with Crippen molar-refractivity contribution in [1.82, 2.24) is 10.2 Å². The minimum absolute atomic E-state index is 0.0330. The first-order valence-electron chi connectivity index (χ1n) is 12.8. The molecule has 1 aliphatic rings. The van der Waals surface area contributed by atoms with Crippen molar-refractivity contribution in [2.24, 2.45) is 0 Å². The number of hydrogen-bond donors (Lipinski definition) is 4. The summed E-state index contributed by atoms with van der Waals surface area (Å²) in [5.74, 6) is -0.749. The lowest BCUT2D eigenvalue weighted by molar-refractivity contribution is -0.137. The van der Waals surface area contributed by atoms with Crippen molar-refractivity contribution in [2.45, 2.75) is 37.5 Å². The minimum atomic E-state index is -4.59. The van der Waals surface area contributed by atoms with Crippen LogP contribution in [0.4, 0.5) is 13.2 Å². The molecule has 2 amide bonds. The molecule has 0 aliphatic heterocycles. The van der Waals surface area contributed by atoms with E-state index in [1.54, 1.807) is 12.1 Å². The molecule has 3 atom stereocenters. The summed E-state index contributed by atoms with van der Waals surface area (Å²) in [5, 5.41) is 32.8. The molecular formula is C28H32F3IN2O8. The van der Waals surface area contributed by atoms with Crippen LogP contribution < -0.4 is 14.8 Å². The zero-order valence-corrected chi connectivity index (χ0v) is 25.0. The first-order valence-corrected chi connectivity index (χ1v) is 13.9. The topological polar surface area (TPSA) is 138 Å². The van der Waals surface area contributed by atoms with Gasteiger partial charge in [-0.05, 0) is 70.6 Å². The number of benzene rings is 2. The zero-order valence-electron chi connectivity index (χ0n) is 22.9. The van der Waals surface area contributed by atoms with E-state index in [9.17, 15) is 38.1 Å². The van der Waals surface area contributed by atoms with Gasteiger partial charge in [0.25, 0.3) is 5.91 Å². The summed E-state index contributed by atoms with van der Waals surface area (Å²) < 4.78 is 56.6. The quantitative estimate of drug-likeness (QED) is 0.247. The van der Waals surface area contributed by atoms with Crippen LogP contribution >= 0.6 is 22.6 Å². The first-order chi connectivity index (χ1) is 19.9. The minimum Gasteiger partial charge on any atom is -0.493 e. The molecule has 0 fully saturated rings. The fourth-order valence-electron chi connectivity index (χ4n) is 4.47. The van der Waals surface area contributed by atoms with Crippen LogP contribution in [0.5, 0.6) is 11.5 Å². The molecular weight excluding hydrogens is 676 g/mol. The van der Waals surface area contributed by atoms with Crippen LogP contribution in [0.1, 0.15) is 27.9 Å². The summed E-state index contributed by atoms with van der Waals surface area (Å²) in [6.07, 6.45) is -5.86. The summed E-state index contributed by atoms with van der Waals surface area (Å²) >= 11 is 1.98. The number of hydrogen-bond acceptors (Lipinski definition) is 8. The number of carbonyl (C=O) groups is 2. The summed E-state index contributed by atoms with van der Waals surface area (Å²) in [4.78, 5) is 27.9. The second kappa shape index (κ2) is 15.0. The number of nitrogens with one attached hydrogen (secondary N) is 1. The van der Waals surface area contributed by atoms with Crippen LogP contribution in [0.2, 0.25) is 0 Å². The Labute approximate surface area is 254 Å². The van der Waals surface area contributed by atoms with Gasteiger partial charge in [0.05, 0.1) is 42.1 Å². The van der Waals surface area contributed by atoms with Gasteiger partial charge in [-0.25, -0.2) is 0 Å². The summed E-state index contributed by atoms with van der Waals surface area (Å²) in [5.41, 5.74) is -0.263. The number of nitrogens with zero attached hydrogens (tertiary/aromatic N) is 1. The largest absolute Gasteiger partial charge is 0.493 e. The molecule has 14 heteroatoms. The molecule has 10 nitrogen and oxygen atoms in total.